The van der Waals surface area contributed by atoms with Crippen LogP contribution in [0.3, 0.4) is 0 Å². The lowest BCUT2D eigenvalue weighted by atomic mass is 9.87. The standard InChI is InChI=1S/C13H15BrFN3O/c1-19-10-6-12-17-7-11(14)18(12)8-9(10)13(15)2-4-16-5-3-13/h6-8,16H,2-5H2,1H3. The fourth-order valence-corrected chi connectivity index (χ4v) is 2.96. The number of methoxy groups -OCH3 is 1. The molecule has 0 amide bonds. The summed E-state index contributed by atoms with van der Waals surface area (Å²) in [6.07, 6.45) is 4.41. The number of hydrogen-bond acceptors (Lipinski definition) is 3. The number of pyridine rings is 1. The summed E-state index contributed by atoms with van der Waals surface area (Å²) in [6, 6.07) is 1.78. The Balaban J connectivity index is 2.17. The van der Waals surface area contributed by atoms with Gasteiger partial charge in [0, 0.05) is 17.8 Å². The van der Waals surface area contributed by atoms with Crippen LogP contribution in [0.15, 0.2) is 23.1 Å². The minimum Gasteiger partial charge on any atom is -0.496 e. The van der Waals surface area contributed by atoms with Gasteiger partial charge in [-0.3, -0.25) is 4.40 Å². The van der Waals surface area contributed by atoms with Crippen LogP contribution < -0.4 is 10.1 Å². The molecule has 2 aromatic heterocycles. The number of aromatic nitrogens is 2. The zero-order chi connectivity index (χ0) is 13.5. The van der Waals surface area contributed by atoms with E-state index in [9.17, 15) is 0 Å². The number of nitrogens with zero attached hydrogens (tertiary/aromatic N) is 2. The third kappa shape index (κ3) is 2.12. The second-order valence-electron chi connectivity index (χ2n) is 4.78. The fourth-order valence-electron chi connectivity index (χ4n) is 2.57. The van der Waals surface area contributed by atoms with Crippen molar-refractivity contribution in [3.05, 3.63) is 28.6 Å². The van der Waals surface area contributed by atoms with E-state index in [-0.39, 0.29) is 0 Å². The Labute approximate surface area is 119 Å². The molecule has 3 heterocycles. The molecule has 2 aromatic rings. The monoisotopic (exact) mass is 327 g/mol. The first kappa shape index (κ1) is 12.9. The molecule has 1 fully saturated rings. The highest BCUT2D eigenvalue weighted by molar-refractivity contribution is 9.10. The van der Waals surface area contributed by atoms with Gasteiger partial charge in [-0.25, -0.2) is 9.37 Å². The number of nitrogens with one attached hydrogen (secondary N) is 1. The molecule has 1 aliphatic heterocycles. The summed E-state index contributed by atoms with van der Waals surface area (Å²) in [5.74, 6) is 0.565. The van der Waals surface area contributed by atoms with Crippen molar-refractivity contribution >= 4 is 21.6 Å². The van der Waals surface area contributed by atoms with Crippen LogP contribution in [-0.4, -0.2) is 29.6 Å². The predicted molar refractivity (Wildman–Crippen MR) is 74.3 cm³/mol. The van der Waals surface area contributed by atoms with Crippen molar-refractivity contribution in [2.75, 3.05) is 20.2 Å². The van der Waals surface area contributed by atoms with E-state index in [0.29, 0.717) is 37.2 Å². The maximum absolute atomic E-state index is 15.1. The number of hydrogen-bond donors (Lipinski definition) is 1. The van der Waals surface area contributed by atoms with Crippen molar-refractivity contribution in [2.24, 2.45) is 0 Å². The summed E-state index contributed by atoms with van der Waals surface area (Å²) in [5.41, 5.74) is 0.00168. The highest BCUT2D eigenvalue weighted by Crippen LogP contribution is 2.40. The normalized spacial score (nSPS) is 18.7. The van der Waals surface area contributed by atoms with Gasteiger partial charge >= 0.3 is 0 Å². The zero-order valence-electron chi connectivity index (χ0n) is 10.6. The Morgan fingerprint density at radius 1 is 1.47 bits per heavy atom. The molecule has 1 saturated heterocycles. The molecule has 1 N–H and O–H groups in total. The van der Waals surface area contributed by atoms with Gasteiger partial charge < -0.3 is 10.1 Å². The van der Waals surface area contributed by atoms with Crippen LogP contribution in [-0.2, 0) is 5.67 Å². The fraction of sp³-hybridized carbons (Fsp3) is 0.462. The second kappa shape index (κ2) is 4.76. The van der Waals surface area contributed by atoms with Crippen LogP contribution in [0.4, 0.5) is 4.39 Å². The van der Waals surface area contributed by atoms with Crippen molar-refractivity contribution in [1.29, 1.82) is 0 Å². The number of imidazole rings is 1. The molecule has 0 radical (unpaired) electrons. The number of ether oxygens (including phenoxy) is 1. The molecule has 0 aliphatic carbocycles. The molecule has 0 bridgehead atoms. The molecular formula is C13H15BrFN3O. The highest BCUT2D eigenvalue weighted by atomic mass is 79.9. The van der Waals surface area contributed by atoms with E-state index in [0.717, 1.165) is 10.3 Å². The lowest BCUT2D eigenvalue weighted by molar-refractivity contribution is 0.111. The average molecular weight is 328 g/mol. The first-order valence-corrected chi connectivity index (χ1v) is 7.04. The van der Waals surface area contributed by atoms with E-state index in [1.807, 2.05) is 4.40 Å². The Kier molecular flexibility index (Phi) is 3.22. The Bertz CT molecular complexity index is 607. The number of fused-ring (bicyclic) bond motifs is 1. The van der Waals surface area contributed by atoms with E-state index in [1.54, 1.807) is 25.6 Å². The molecule has 0 unspecified atom stereocenters. The Morgan fingerprint density at radius 3 is 2.89 bits per heavy atom. The minimum atomic E-state index is -1.34. The van der Waals surface area contributed by atoms with Crippen LogP contribution >= 0.6 is 15.9 Å². The molecule has 0 saturated carbocycles. The van der Waals surface area contributed by atoms with Gasteiger partial charge in [-0.05, 0) is 41.9 Å². The van der Waals surface area contributed by atoms with Crippen LogP contribution in [0.25, 0.3) is 5.65 Å². The van der Waals surface area contributed by atoms with Gasteiger partial charge in [-0.2, -0.15) is 0 Å². The van der Waals surface area contributed by atoms with Gasteiger partial charge in [0.15, 0.2) is 0 Å². The lowest BCUT2D eigenvalue weighted by Crippen LogP contribution is -2.37. The molecular weight excluding hydrogens is 313 g/mol. The molecule has 3 rings (SSSR count). The second-order valence-corrected chi connectivity index (χ2v) is 5.59. The summed E-state index contributed by atoms with van der Waals surface area (Å²) >= 11 is 3.41. The molecule has 4 nitrogen and oxygen atoms in total. The summed E-state index contributed by atoms with van der Waals surface area (Å²) in [4.78, 5) is 4.24. The van der Waals surface area contributed by atoms with Crippen molar-refractivity contribution in [3.63, 3.8) is 0 Å². The Hall–Kier alpha value is -1.14. The van der Waals surface area contributed by atoms with Crippen LogP contribution in [0.5, 0.6) is 5.75 Å². The summed E-state index contributed by atoms with van der Waals surface area (Å²) in [5, 5.41) is 3.18. The molecule has 102 valence electrons. The van der Waals surface area contributed by atoms with Crippen LogP contribution in [0, 0.1) is 0 Å². The summed E-state index contributed by atoms with van der Waals surface area (Å²) in [7, 11) is 1.57. The zero-order valence-corrected chi connectivity index (χ0v) is 12.2. The van der Waals surface area contributed by atoms with Gasteiger partial charge in [0.2, 0.25) is 0 Å². The molecule has 1 aliphatic rings. The molecule has 19 heavy (non-hydrogen) atoms. The van der Waals surface area contributed by atoms with E-state index in [2.05, 4.69) is 26.2 Å². The van der Waals surface area contributed by atoms with Crippen molar-refractivity contribution in [1.82, 2.24) is 14.7 Å². The average Bonchev–Trinajstić information content (AvgIpc) is 2.79. The number of piperidine rings is 1. The first-order chi connectivity index (χ1) is 9.14. The SMILES string of the molecule is COc1cc2ncc(Br)n2cc1C1(F)CCNCC1. The minimum absolute atomic E-state index is 0.460. The number of alkyl halides is 1. The number of halogens is 2. The van der Waals surface area contributed by atoms with E-state index in [1.165, 1.54) is 0 Å². The highest BCUT2D eigenvalue weighted by Gasteiger charge is 2.37. The van der Waals surface area contributed by atoms with Gasteiger partial charge in [-0.15, -0.1) is 0 Å². The van der Waals surface area contributed by atoms with Crippen molar-refractivity contribution in [2.45, 2.75) is 18.5 Å². The topological polar surface area (TPSA) is 38.6 Å². The van der Waals surface area contributed by atoms with Crippen molar-refractivity contribution < 1.29 is 9.13 Å². The van der Waals surface area contributed by atoms with Crippen molar-refractivity contribution in [3.8, 4) is 5.75 Å². The largest absolute Gasteiger partial charge is 0.496 e. The maximum Gasteiger partial charge on any atom is 0.143 e. The maximum atomic E-state index is 15.1. The van der Waals surface area contributed by atoms with Gasteiger partial charge in [0.25, 0.3) is 0 Å². The third-order valence-electron chi connectivity index (χ3n) is 3.66. The summed E-state index contributed by atoms with van der Waals surface area (Å²) < 4.78 is 23.1. The molecule has 0 spiro atoms. The number of rotatable bonds is 2. The van der Waals surface area contributed by atoms with E-state index in [4.69, 9.17) is 4.74 Å². The first-order valence-electron chi connectivity index (χ1n) is 6.25. The third-order valence-corrected chi connectivity index (χ3v) is 4.25. The van der Waals surface area contributed by atoms with E-state index < -0.39 is 5.67 Å². The molecule has 6 heteroatoms. The van der Waals surface area contributed by atoms with Gasteiger partial charge in [0.1, 0.15) is 21.7 Å². The predicted octanol–water partition coefficient (Wildman–Crippen LogP) is 2.65. The Morgan fingerprint density at radius 2 is 2.21 bits per heavy atom. The molecule has 0 atom stereocenters. The van der Waals surface area contributed by atoms with Crippen LogP contribution in [0.2, 0.25) is 0 Å². The van der Waals surface area contributed by atoms with Gasteiger partial charge in [-0.1, -0.05) is 0 Å². The van der Waals surface area contributed by atoms with E-state index >= 15 is 4.39 Å². The van der Waals surface area contributed by atoms with Gasteiger partial charge in [0.05, 0.1) is 13.3 Å². The van der Waals surface area contributed by atoms with Crippen LogP contribution in [0.1, 0.15) is 18.4 Å². The summed E-state index contributed by atoms with van der Waals surface area (Å²) in [6.45, 7) is 1.37. The quantitative estimate of drug-likeness (QED) is 0.921. The lowest BCUT2D eigenvalue weighted by Gasteiger charge is -2.31. The smallest absolute Gasteiger partial charge is 0.143 e. The molecule has 0 aromatic carbocycles.